The van der Waals surface area contributed by atoms with Gasteiger partial charge in [0.15, 0.2) is 0 Å². The van der Waals surface area contributed by atoms with E-state index < -0.39 is 5.91 Å². The number of anilines is 2. The van der Waals surface area contributed by atoms with Crippen LogP contribution in [0.4, 0.5) is 11.4 Å². The average molecular weight is 241 g/mol. The van der Waals surface area contributed by atoms with Gasteiger partial charge in [-0.3, -0.25) is 4.79 Å². The number of nitrogens with two attached hydrogens (primary N) is 3. The van der Waals surface area contributed by atoms with Gasteiger partial charge in [0.2, 0.25) is 0 Å². The van der Waals surface area contributed by atoms with Crippen molar-refractivity contribution in [1.82, 2.24) is 0 Å². The number of rotatable bonds is 3. The van der Waals surface area contributed by atoms with Crippen molar-refractivity contribution in [2.75, 3.05) is 11.5 Å². The van der Waals surface area contributed by atoms with Gasteiger partial charge < -0.3 is 17.2 Å². The molecule has 0 fully saturated rings. The zero-order valence-corrected chi connectivity index (χ0v) is 9.89. The Bertz CT molecular complexity index is 593. The van der Waals surface area contributed by atoms with Crippen LogP contribution in [0, 0.1) is 0 Å². The predicted octanol–water partition coefficient (Wildman–Crippen LogP) is 1.54. The highest BCUT2D eigenvalue weighted by atomic mass is 16.1. The summed E-state index contributed by atoms with van der Waals surface area (Å²) in [4.78, 5) is 11.2. The molecule has 0 unspecified atom stereocenters. The minimum Gasteiger partial charge on any atom is -0.399 e. The second-order valence-corrected chi connectivity index (χ2v) is 4.21. The molecule has 0 aliphatic heterocycles. The molecule has 2 rings (SSSR count). The molecule has 0 radical (unpaired) electrons. The maximum Gasteiger partial charge on any atom is 0.250 e. The lowest BCUT2D eigenvalue weighted by Crippen LogP contribution is -2.13. The normalized spacial score (nSPS) is 10.2. The predicted molar refractivity (Wildman–Crippen MR) is 73.0 cm³/mol. The van der Waals surface area contributed by atoms with Crippen molar-refractivity contribution in [1.29, 1.82) is 0 Å². The summed E-state index contributed by atoms with van der Waals surface area (Å²) in [5, 5.41) is 0. The van der Waals surface area contributed by atoms with E-state index in [0.717, 1.165) is 16.8 Å². The minimum atomic E-state index is -0.512. The number of carbonyl (C=O) groups is 1. The minimum absolute atomic E-state index is 0.358. The molecule has 2 aromatic rings. The van der Waals surface area contributed by atoms with E-state index in [1.54, 1.807) is 12.1 Å². The Kier molecular flexibility index (Phi) is 3.19. The van der Waals surface area contributed by atoms with Crippen molar-refractivity contribution in [3.8, 4) is 0 Å². The molecule has 18 heavy (non-hydrogen) atoms. The Morgan fingerprint density at radius 3 is 2.39 bits per heavy atom. The van der Waals surface area contributed by atoms with Crippen LogP contribution in [0.15, 0.2) is 42.5 Å². The van der Waals surface area contributed by atoms with Crippen LogP contribution in [0.1, 0.15) is 21.5 Å². The Balaban J connectivity index is 2.30. The molecule has 0 saturated carbocycles. The zero-order valence-electron chi connectivity index (χ0n) is 9.89. The Morgan fingerprint density at radius 2 is 1.72 bits per heavy atom. The number of amides is 1. The summed E-state index contributed by atoms with van der Waals surface area (Å²) in [6.07, 6.45) is 0.686. The van der Waals surface area contributed by atoms with E-state index in [1.165, 1.54) is 0 Å². The quantitative estimate of drug-likeness (QED) is 0.711. The van der Waals surface area contributed by atoms with E-state index in [9.17, 15) is 4.79 Å². The fourth-order valence-electron chi connectivity index (χ4n) is 1.87. The van der Waals surface area contributed by atoms with Crippen LogP contribution in [-0.2, 0) is 6.42 Å². The highest BCUT2D eigenvalue weighted by molar-refractivity contribution is 5.98. The van der Waals surface area contributed by atoms with Crippen molar-refractivity contribution in [2.45, 2.75) is 6.42 Å². The number of carbonyl (C=O) groups excluding carboxylic acids is 1. The molecule has 0 aliphatic rings. The monoisotopic (exact) mass is 241 g/mol. The third kappa shape index (κ3) is 2.60. The van der Waals surface area contributed by atoms with Crippen molar-refractivity contribution in [3.63, 3.8) is 0 Å². The smallest absolute Gasteiger partial charge is 0.250 e. The molecule has 6 N–H and O–H groups in total. The first kappa shape index (κ1) is 12.0. The van der Waals surface area contributed by atoms with E-state index in [4.69, 9.17) is 17.2 Å². The van der Waals surface area contributed by atoms with Crippen molar-refractivity contribution < 1.29 is 4.79 Å². The summed E-state index contributed by atoms with van der Waals surface area (Å²) in [6.45, 7) is 0. The number of benzene rings is 2. The van der Waals surface area contributed by atoms with Gasteiger partial charge in [0.25, 0.3) is 5.91 Å². The third-order valence-corrected chi connectivity index (χ3v) is 2.74. The molecule has 1 amide bonds. The maximum absolute atomic E-state index is 11.2. The van der Waals surface area contributed by atoms with E-state index >= 15 is 0 Å². The summed E-state index contributed by atoms with van der Waals surface area (Å²) in [5.41, 5.74) is 20.2. The van der Waals surface area contributed by atoms with Crippen LogP contribution < -0.4 is 17.2 Å². The van der Waals surface area contributed by atoms with Crippen molar-refractivity contribution in [2.24, 2.45) is 5.73 Å². The van der Waals surface area contributed by atoms with Crippen LogP contribution in [0.2, 0.25) is 0 Å². The SMILES string of the molecule is NC(=O)c1cc(Cc2cccc(N)c2)ccc1N. The van der Waals surface area contributed by atoms with Gasteiger partial charge in [-0.1, -0.05) is 18.2 Å². The lowest BCUT2D eigenvalue weighted by Gasteiger charge is -2.07. The molecule has 4 heteroatoms. The van der Waals surface area contributed by atoms with E-state index in [1.807, 2.05) is 30.3 Å². The summed E-state index contributed by atoms with van der Waals surface area (Å²) < 4.78 is 0. The molecule has 92 valence electrons. The maximum atomic E-state index is 11.2. The first-order chi connectivity index (χ1) is 8.56. The summed E-state index contributed by atoms with van der Waals surface area (Å²) in [6, 6.07) is 12.9. The van der Waals surface area contributed by atoms with Crippen molar-refractivity contribution >= 4 is 17.3 Å². The summed E-state index contributed by atoms with van der Waals surface area (Å²) in [5.74, 6) is -0.512. The van der Waals surface area contributed by atoms with Gasteiger partial charge in [0.05, 0.1) is 5.56 Å². The Hall–Kier alpha value is -2.49. The van der Waals surface area contributed by atoms with E-state index in [-0.39, 0.29) is 0 Å². The highest BCUT2D eigenvalue weighted by Crippen LogP contribution is 2.17. The molecule has 0 atom stereocenters. The number of hydrogen-bond acceptors (Lipinski definition) is 3. The van der Waals surface area contributed by atoms with E-state index in [0.29, 0.717) is 17.7 Å². The molecule has 4 nitrogen and oxygen atoms in total. The second kappa shape index (κ2) is 4.79. The molecule has 0 saturated heterocycles. The first-order valence-electron chi connectivity index (χ1n) is 5.59. The van der Waals surface area contributed by atoms with Gasteiger partial charge >= 0.3 is 0 Å². The van der Waals surface area contributed by atoms with Crippen LogP contribution in [-0.4, -0.2) is 5.91 Å². The Morgan fingerprint density at radius 1 is 1.00 bits per heavy atom. The zero-order chi connectivity index (χ0) is 13.1. The largest absolute Gasteiger partial charge is 0.399 e. The average Bonchev–Trinajstić information content (AvgIpc) is 2.31. The van der Waals surface area contributed by atoms with Crippen LogP contribution >= 0.6 is 0 Å². The summed E-state index contributed by atoms with van der Waals surface area (Å²) >= 11 is 0. The van der Waals surface area contributed by atoms with Gasteiger partial charge in [0, 0.05) is 11.4 Å². The fourth-order valence-corrected chi connectivity index (χ4v) is 1.87. The molecule has 0 bridgehead atoms. The Labute approximate surface area is 105 Å². The number of nitrogen functional groups attached to an aromatic ring is 2. The van der Waals surface area contributed by atoms with Crippen LogP contribution in [0.5, 0.6) is 0 Å². The molecular formula is C14H15N3O. The number of hydrogen-bond donors (Lipinski definition) is 3. The highest BCUT2D eigenvalue weighted by Gasteiger charge is 2.07. The van der Waals surface area contributed by atoms with Crippen LogP contribution in [0.3, 0.4) is 0 Å². The van der Waals surface area contributed by atoms with Gasteiger partial charge in [0.1, 0.15) is 0 Å². The van der Waals surface area contributed by atoms with E-state index in [2.05, 4.69) is 0 Å². The second-order valence-electron chi connectivity index (χ2n) is 4.21. The number of primary amides is 1. The van der Waals surface area contributed by atoms with Gasteiger partial charge in [-0.2, -0.15) is 0 Å². The molecule has 0 aliphatic carbocycles. The molecular weight excluding hydrogens is 226 g/mol. The lowest BCUT2D eigenvalue weighted by molar-refractivity contribution is 0.100. The molecule has 0 aromatic heterocycles. The molecule has 0 heterocycles. The molecule has 0 spiro atoms. The van der Waals surface area contributed by atoms with Crippen molar-refractivity contribution in [3.05, 3.63) is 59.2 Å². The fraction of sp³-hybridized carbons (Fsp3) is 0.0714. The molecule has 2 aromatic carbocycles. The van der Waals surface area contributed by atoms with Crippen LogP contribution in [0.25, 0.3) is 0 Å². The summed E-state index contributed by atoms with van der Waals surface area (Å²) in [7, 11) is 0. The van der Waals surface area contributed by atoms with Gasteiger partial charge in [-0.15, -0.1) is 0 Å². The standard InChI is InChI=1S/C14H15N3O/c15-11-3-1-2-9(7-11)6-10-4-5-13(16)12(8-10)14(17)18/h1-5,7-8H,6,15-16H2,(H2,17,18). The van der Waals surface area contributed by atoms with Gasteiger partial charge in [-0.05, 0) is 41.8 Å². The third-order valence-electron chi connectivity index (χ3n) is 2.74. The van der Waals surface area contributed by atoms with Gasteiger partial charge in [-0.25, -0.2) is 0 Å². The lowest BCUT2D eigenvalue weighted by atomic mass is 10.0. The first-order valence-corrected chi connectivity index (χ1v) is 5.59. The topological polar surface area (TPSA) is 95.1 Å².